The molecule has 3 rings (SSSR count). The molecule has 2 aromatic rings. The largest absolute Gasteiger partial charge is 0.454 e. The lowest BCUT2D eigenvalue weighted by molar-refractivity contribution is 0.103. The molecule has 0 spiro atoms. The number of ether oxygens (including phenoxy) is 2. The van der Waals surface area contributed by atoms with Gasteiger partial charge in [0.05, 0.1) is 0 Å². The van der Waals surface area contributed by atoms with Gasteiger partial charge in [-0.15, -0.1) is 11.3 Å². The van der Waals surface area contributed by atoms with Gasteiger partial charge in [0.1, 0.15) is 11.6 Å². The number of ketones is 1. The average molecular weight is 283 g/mol. The van der Waals surface area contributed by atoms with Crippen molar-refractivity contribution in [1.29, 1.82) is 5.26 Å². The van der Waals surface area contributed by atoms with Gasteiger partial charge in [-0.25, -0.2) is 0 Å². The Morgan fingerprint density at radius 1 is 1.30 bits per heavy atom. The zero-order chi connectivity index (χ0) is 13.9. The monoisotopic (exact) mass is 283 g/mol. The van der Waals surface area contributed by atoms with Crippen LogP contribution in [0.1, 0.15) is 15.2 Å². The first-order valence-corrected chi connectivity index (χ1v) is 6.75. The first-order chi connectivity index (χ1) is 9.78. The number of fused-ring (bicyclic) bond motifs is 1. The van der Waals surface area contributed by atoms with E-state index in [9.17, 15) is 4.79 Å². The summed E-state index contributed by atoms with van der Waals surface area (Å²) in [7, 11) is 0. The molecule has 1 aliphatic heterocycles. The van der Waals surface area contributed by atoms with E-state index in [0.29, 0.717) is 17.1 Å². The normalized spacial score (nSPS) is 13.1. The van der Waals surface area contributed by atoms with Crippen LogP contribution in [0.15, 0.2) is 41.3 Å². The van der Waals surface area contributed by atoms with E-state index in [0.717, 1.165) is 4.88 Å². The third kappa shape index (κ3) is 2.29. The van der Waals surface area contributed by atoms with E-state index in [1.165, 1.54) is 11.3 Å². The number of thiophene rings is 1. The second-order valence-electron chi connectivity index (χ2n) is 4.08. The number of benzene rings is 1. The van der Waals surface area contributed by atoms with Gasteiger partial charge >= 0.3 is 0 Å². The van der Waals surface area contributed by atoms with Crippen LogP contribution in [0.4, 0.5) is 0 Å². The van der Waals surface area contributed by atoms with Crippen LogP contribution >= 0.6 is 11.3 Å². The Kier molecular flexibility index (Phi) is 3.23. The van der Waals surface area contributed by atoms with Gasteiger partial charge in [0.2, 0.25) is 12.6 Å². The van der Waals surface area contributed by atoms with E-state index in [1.807, 2.05) is 23.6 Å². The predicted octanol–water partition coefficient (Wildman–Crippen LogP) is 3.27. The molecule has 4 nitrogen and oxygen atoms in total. The van der Waals surface area contributed by atoms with E-state index in [2.05, 4.69) is 0 Å². The summed E-state index contributed by atoms with van der Waals surface area (Å²) in [6, 6.07) is 10.6. The smallest absolute Gasteiger partial charge is 0.231 e. The molecule has 1 aromatic carbocycles. The summed E-state index contributed by atoms with van der Waals surface area (Å²) in [6.45, 7) is 0.156. The summed E-state index contributed by atoms with van der Waals surface area (Å²) in [5, 5.41) is 11.1. The molecule has 0 bridgehead atoms. The van der Waals surface area contributed by atoms with Crippen LogP contribution in [0.3, 0.4) is 0 Å². The molecule has 0 amide bonds. The Hall–Kier alpha value is -2.58. The van der Waals surface area contributed by atoms with Crippen LogP contribution < -0.4 is 9.47 Å². The number of rotatable bonds is 3. The maximum atomic E-state index is 12.3. The quantitative estimate of drug-likeness (QED) is 0.493. The number of carbonyl (C=O) groups is 1. The van der Waals surface area contributed by atoms with Gasteiger partial charge in [0.25, 0.3) is 0 Å². The summed E-state index contributed by atoms with van der Waals surface area (Å²) >= 11 is 1.47. The number of hydrogen-bond acceptors (Lipinski definition) is 5. The maximum Gasteiger partial charge on any atom is 0.231 e. The molecule has 1 aliphatic rings. The number of hydrogen-bond donors (Lipinski definition) is 0. The number of Topliss-reactive ketones (excluding diaryl/α,β-unsaturated/α-hetero) is 1. The first kappa shape index (κ1) is 12.5. The van der Waals surface area contributed by atoms with E-state index >= 15 is 0 Å². The van der Waals surface area contributed by atoms with Crippen molar-refractivity contribution in [2.75, 3.05) is 6.79 Å². The molecule has 0 fully saturated rings. The Morgan fingerprint density at radius 2 is 2.15 bits per heavy atom. The number of nitrogens with zero attached hydrogens (tertiary/aromatic N) is 1. The highest BCUT2D eigenvalue weighted by Crippen LogP contribution is 2.33. The number of nitriles is 1. The standard InChI is InChI=1S/C15H9NO3S/c16-8-11(6-12-2-1-5-20-12)15(17)10-3-4-13-14(7-10)19-9-18-13/h1-7H,9H2/b11-6+. The van der Waals surface area contributed by atoms with Gasteiger partial charge in [-0.1, -0.05) is 6.07 Å². The fourth-order valence-corrected chi connectivity index (χ4v) is 2.51. The Bertz CT molecular complexity index is 726. The maximum absolute atomic E-state index is 12.3. The SMILES string of the molecule is N#C/C(=C\c1cccs1)C(=O)c1ccc2c(c1)OCO2. The van der Waals surface area contributed by atoms with Crippen molar-refractivity contribution in [3.8, 4) is 17.6 Å². The van der Waals surface area contributed by atoms with Crippen LogP contribution in [-0.4, -0.2) is 12.6 Å². The van der Waals surface area contributed by atoms with Crippen molar-refractivity contribution in [1.82, 2.24) is 0 Å². The lowest BCUT2D eigenvalue weighted by atomic mass is 10.0. The second-order valence-corrected chi connectivity index (χ2v) is 5.06. The lowest BCUT2D eigenvalue weighted by Gasteiger charge is -2.01. The molecule has 0 saturated heterocycles. The van der Waals surface area contributed by atoms with E-state index in [4.69, 9.17) is 14.7 Å². The molecule has 2 heterocycles. The van der Waals surface area contributed by atoms with Crippen molar-refractivity contribution < 1.29 is 14.3 Å². The van der Waals surface area contributed by atoms with Crippen LogP contribution in [-0.2, 0) is 0 Å². The minimum Gasteiger partial charge on any atom is -0.454 e. The van der Waals surface area contributed by atoms with Crippen molar-refractivity contribution in [3.05, 3.63) is 51.7 Å². The molecule has 0 N–H and O–H groups in total. The summed E-state index contributed by atoms with van der Waals surface area (Å²) < 4.78 is 10.4. The molecular weight excluding hydrogens is 274 g/mol. The summed E-state index contributed by atoms with van der Waals surface area (Å²) in [4.78, 5) is 13.2. The molecule has 0 atom stereocenters. The third-order valence-electron chi connectivity index (χ3n) is 2.83. The van der Waals surface area contributed by atoms with Crippen molar-refractivity contribution in [2.24, 2.45) is 0 Å². The Morgan fingerprint density at radius 3 is 2.90 bits per heavy atom. The summed E-state index contributed by atoms with van der Waals surface area (Å²) in [5.74, 6) is 0.825. The van der Waals surface area contributed by atoms with Crippen molar-refractivity contribution >= 4 is 23.2 Å². The first-order valence-electron chi connectivity index (χ1n) is 5.87. The second kappa shape index (κ2) is 5.19. The van der Waals surface area contributed by atoms with Gasteiger partial charge in [-0.3, -0.25) is 4.79 Å². The fourth-order valence-electron chi connectivity index (χ4n) is 1.86. The van der Waals surface area contributed by atoms with Crippen LogP contribution in [0, 0.1) is 11.3 Å². The average Bonchev–Trinajstić information content (AvgIpc) is 3.14. The van der Waals surface area contributed by atoms with Crippen molar-refractivity contribution in [2.45, 2.75) is 0 Å². The van der Waals surface area contributed by atoms with Crippen LogP contribution in [0.2, 0.25) is 0 Å². The van der Waals surface area contributed by atoms with Gasteiger partial charge in [-0.2, -0.15) is 5.26 Å². The van der Waals surface area contributed by atoms with Crippen molar-refractivity contribution in [3.63, 3.8) is 0 Å². The Balaban J connectivity index is 1.93. The van der Waals surface area contributed by atoms with Gasteiger partial charge < -0.3 is 9.47 Å². The van der Waals surface area contributed by atoms with Gasteiger partial charge in [0.15, 0.2) is 11.5 Å². The van der Waals surface area contributed by atoms with Crippen LogP contribution in [0.5, 0.6) is 11.5 Å². The minimum absolute atomic E-state index is 0.103. The number of carbonyl (C=O) groups excluding carboxylic acids is 1. The van der Waals surface area contributed by atoms with Crippen LogP contribution in [0.25, 0.3) is 6.08 Å². The summed E-state index contributed by atoms with van der Waals surface area (Å²) in [6.07, 6.45) is 1.59. The van der Waals surface area contributed by atoms with E-state index in [1.54, 1.807) is 24.3 Å². The molecule has 0 aliphatic carbocycles. The minimum atomic E-state index is -0.320. The Labute approximate surface area is 119 Å². The fraction of sp³-hybridized carbons (Fsp3) is 0.0667. The number of allylic oxidation sites excluding steroid dienone is 1. The zero-order valence-electron chi connectivity index (χ0n) is 10.3. The molecule has 98 valence electrons. The highest BCUT2D eigenvalue weighted by molar-refractivity contribution is 7.10. The molecule has 0 radical (unpaired) electrons. The molecule has 20 heavy (non-hydrogen) atoms. The zero-order valence-corrected chi connectivity index (χ0v) is 11.1. The molecular formula is C15H9NO3S. The highest BCUT2D eigenvalue weighted by Gasteiger charge is 2.18. The summed E-state index contributed by atoms with van der Waals surface area (Å²) in [5.41, 5.74) is 0.518. The highest BCUT2D eigenvalue weighted by atomic mass is 32.1. The molecule has 0 unspecified atom stereocenters. The molecule has 5 heteroatoms. The van der Waals surface area contributed by atoms with E-state index < -0.39 is 0 Å². The molecule has 1 aromatic heterocycles. The van der Waals surface area contributed by atoms with Gasteiger partial charge in [-0.05, 0) is 35.7 Å². The van der Waals surface area contributed by atoms with E-state index in [-0.39, 0.29) is 18.1 Å². The topological polar surface area (TPSA) is 59.3 Å². The lowest BCUT2D eigenvalue weighted by Crippen LogP contribution is -2.01. The van der Waals surface area contributed by atoms with Gasteiger partial charge in [0, 0.05) is 10.4 Å². The third-order valence-corrected chi connectivity index (χ3v) is 3.65. The molecule has 0 saturated carbocycles. The predicted molar refractivity (Wildman–Crippen MR) is 74.8 cm³/mol.